The van der Waals surface area contributed by atoms with E-state index in [0.29, 0.717) is 17.1 Å². The lowest BCUT2D eigenvalue weighted by molar-refractivity contribution is -0.149. The molecule has 0 spiro atoms. The fourth-order valence-electron chi connectivity index (χ4n) is 1.79. The van der Waals surface area contributed by atoms with Crippen molar-refractivity contribution in [2.24, 2.45) is 0 Å². The molecule has 21 heavy (non-hydrogen) atoms. The number of likely N-dealkylation sites (N-methyl/N-ethyl adjacent to an activating group) is 1. The molecule has 0 heterocycles. The van der Waals surface area contributed by atoms with Crippen molar-refractivity contribution in [2.75, 3.05) is 12.8 Å². The topological polar surface area (TPSA) is 57.6 Å². The van der Waals surface area contributed by atoms with Crippen molar-refractivity contribution in [2.45, 2.75) is 30.7 Å². The van der Waals surface area contributed by atoms with Crippen LogP contribution >= 0.6 is 11.8 Å². The van der Waals surface area contributed by atoms with Crippen molar-refractivity contribution < 1.29 is 23.5 Å². The normalized spacial score (nSPS) is 12.0. The van der Waals surface area contributed by atoms with Crippen LogP contribution in [0.4, 0.5) is 8.78 Å². The van der Waals surface area contributed by atoms with Gasteiger partial charge in [-0.05, 0) is 24.6 Å². The third-order valence-corrected chi connectivity index (χ3v) is 4.00. The molecule has 1 aromatic carbocycles. The van der Waals surface area contributed by atoms with Crippen molar-refractivity contribution in [1.29, 1.82) is 0 Å². The summed E-state index contributed by atoms with van der Waals surface area (Å²) >= 11 is 1.22. The van der Waals surface area contributed by atoms with E-state index in [2.05, 4.69) is 0 Å². The zero-order chi connectivity index (χ0) is 16.0. The van der Waals surface area contributed by atoms with E-state index in [4.69, 9.17) is 5.11 Å². The molecular weight excluding hydrogens is 300 g/mol. The highest BCUT2D eigenvalue weighted by molar-refractivity contribution is 7.99. The number of carbonyl (C=O) groups excluding carboxylic acids is 1. The molecule has 1 amide bonds. The van der Waals surface area contributed by atoms with Crippen molar-refractivity contribution in [1.82, 2.24) is 4.90 Å². The SMILES string of the molecule is CCC(C(=O)O)N(C)C(=O)CCSc1ccc(F)c(F)c1. The third-order valence-electron chi connectivity index (χ3n) is 3.01. The number of halogens is 2. The predicted octanol–water partition coefficient (Wildman–Crippen LogP) is 2.77. The van der Waals surface area contributed by atoms with E-state index in [1.54, 1.807) is 6.92 Å². The number of rotatable bonds is 7. The van der Waals surface area contributed by atoms with Crippen LogP contribution in [0.2, 0.25) is 0 Å². The molecule has 1 N–H and O–H groups in total. The molecule has 0 fully saturated rings. The van der Waals surface area contributed by atoms with Gasteiger partial charge in [-0.2, -0.15) is 0 Å². The van der Waals surface area contributed by atoms with Crippen LogP contribution in [0.3, 0.4) is 0 Å². The first-order valence-electron chi connectivity index (χ1n) is 6.43. The van der Waals surface area contributed by atoms with Crippen LogP contribution < -0.4 is 0 Å². The number of hydrogen-bond donors (Lipinski definition) is 1. The summed E-state index contributed by atoms with van der Waals surface area (Å²) in [5.41, 5.74) is 0. The second-order valence-electron chi connectivity index (χ2n) is 4.44. The average molecular weight is 317 g/mol. The number of carboxylic acids is 1. The minimum absolute atomic E-state index is 0.129. The largest absolute Gasteiger partial charge is 0.480 e. The number of aliphatic carboxylic acids is 1. The fraction of sp³-hybridized carbons (Fsp3) is 0.429. The molecule has 0 radical (unpaired) electrons. The zero-order valence-electron chi connectivity index (χ0n) is 11.8. The number of amides is 1. The Balaban J connectivity index is 2.49. The van der Waals surface area contributed by atoms with E-state index >= 15 is 0 Å². The highest BCUT2D eigenvalue weighted by Crippen LogP contribution is 2.21. The maximum absolute atomic E-state index is 13.0. The molecule has 0 aliphatic rings. The predicted molar refractivity (Wildman–Crippen MR) is 76.2 cm³/mol. The number of carbonyl (C=O) groups is 2. The Labute approximate surface area is 126 Å². The fourth-order valence-corrected chi connectivity index (χ4v) is 2.65. The van der Waals surface area contributed by atoms with Gasteiger partial charge >= 0.3 is 5.97 Å². The van der Waals surface area contributed by atoms with E-state index in [9.17, 15) is 18.4 Å². The van der Waals surface area contributed by atoms with Gasteiger partial charge in [-0.15, -0.1) is 11.8 Å². The van der Waals surface area contributed by atoms with Crippen LogP contribution in [0.25, 0.3) is 0 Å². The second-order valence-corrected chi connectivity index (χ2v) is 5.61. The summed E-state index contributed by atoms with van der Waals surface area (Å²) in [4.78, 5) is 24.6. The lowest BCUT2D eigenvalue weighted by Crippen LogP contribution is -2.42. The molecule has 0 saturated carbocycles. The summed E-state index contributed by atoms with van der Waals surface area (Å²) < 4.78 is 25.8. The standard InChI is InChI=1S/C14H17F2NO3S/c1-3-12(14(19)20)17(2)13(18)6-7-21-9-4-5-10(15)11(16)8-9/h4-5,8,12H,3,6-7H2,1-2H3,(H,19,20). The number of nitrogens with zero attached hydrogens (tertiary/aromatic N) is 1. The first kappa shape index (κ1) is 17.4. The molecule has 1 atom stereocenters. The Hall–Kier alpha value is -1.63. The van der Waals surface area contributed by atoms with Crippen molar-refractivity contribution in [3.05, 3.63) is 29.8 Å². The number of hydrogen-bond acceptors (Lipinski definition) is 3. The van der Waals surface area contributed by atoms with Gasteiger partial charge in [0.25, 0.3) is 0 Å². The zero-order valence-corrected chi connectivity index (χ0v) is 12.6. The van der Waals surface area contributed by atoms with Crippen molar-refractivity contribution in [3.8, 4) is 0 Å². The number of thioether (sulfide) groups is 1. The van der Waals surface area contributed by atoms with E-state index < -0.39 is 23.6 Å². The van der Waals surface area contributed by atoms with Crippen molar-refractivity contribution >= 4 is 23.6 Å². The lowest BCUT2D eigenvalue weighted by Gasteiger charge is -2.23. The molecule has 1 unspecified atom stereocenters. The molecule has 0 aromatic heterocycles. The average Bonchev–Trinajstić information content (AvgIpc) is 2.42. The molecule has 0 aliphatic heterocycles. The minimum Gasteiger partial charge on any atom is -0.480 e. The molecule has 7 heteroatoms. The van der Waals surface area contributed by atoms with Gasteiger partial charge in [0, 0.05) is 24.1 Å². The Morgan fingerprint density at radius 3 is 2.52 bits per heavy atom. The molecule has 1 rings (SSSR count). The van der Waals surface area contributed by atoms with Crippen LogP contribution in [0.5, 0.6) is 0 Å². The molecule has 0 aliphatic carbocycles. The Kier molecular flexibility index (Phi) is 6.61. The summed E-state index contributed by atoms with van der Waals surface area (Å²) in [6.45, 7) is 1.69. The molecule has 1 aromatic rings. The van der Waals surface area contributed by atoms with E-state index in [1.807, 2.05) is 0 Å². The molecular formula is C14H17F2NO3S. The molecule has 116 valence electrons. The van der Waals surface area contributed by atoms with Crippen molar-refractivity contribution in [3.63, 3.8) is 0 Å². The highest BCUT2D eigenvalue weighted by atomic mass is 32.2. The van der Waals surface area contributed by atoms with Gasteiger partial charge < -0.3 is 10.0 Å². The Bertz CT molecular complexity index is 525. The maximum atomic E-state index is 13.0. The van der Waals surface area contributed by atoms with Gasteiger partial charge in [0.05, 0.1) is 0 Å². The summed E-state index contributed by atoms with van der Waals surface area (Å²) in [6, 6.07) is 2.69. The second kappa shape index (κ2) is 7.97. The van der Waals surface area contributed by atoms with E-state index in [-0.39, 0.29) is 12.3 Å². The first-order chi connectivity index (χ1) is 9.86. The Morgan fingerprint density at radius 1 is 1.33 bits per heavy atom. The van der Waals surface area contributed by atoms with Crippen LogP contribution in [0, 0.1) is 11.6 Å². The molecule has 0 saturated heterocycles. The summed E-state index contributed by atoms with van der Waals surface area (Å²) in [5.74, 6) is -2.81. The molecule has 4 nitrogen and oxygen atoms in total. The monoisotopic (exact) mass is 317 g/mol. The number of carboxylic acid groups (broad SMARTS) is 1. The van der Waals surface area contributed by atoms with E-state index in [0.717, 1.165) is 12.1 Å². The van der Waals surface area contributed by atoms with Crippen LogP contribution in [-0.2, 0) is 9.59 Å². The van der Waals surface area contributed by atoms with Crippen LogP contribution in [0.15, 0.2) is 23.1 Å². The third kappa shape index (κ3) is 5.00. The van der Waals surface area contributed by atoms with Gasteiger partial charge in [0.1, 0.15) is 6.04 Å². The van der Waals surface area contributed by atoms with Gasteiger partial charge in [-0.1, -0.05) is 6.92 Å². The van der Waals surface area contributed by atoms with Crippen LogP contribution in [0.1, 0.15) is 19.8 Å². The lowest BCUT2D eigenvalue weighted by atomic mass is 10.2. The van der Waals surface area contributed by atoms with Crippen LogP contribution in [-0.4, -0.2) is 40.7 Å². The van der Waals surface area contributed by atoms with Gasteiger partial charge in [-0.3, -0.25) is 4.79 Å². The minimum atomic E-state index is -1.04. The van der Waals surface area contributed by atoms with Gasteiger partial charge in [0.2, 0.25) is 5.91 Å². The smallest absolute Gasteiger partial charge is 0.326 e. The molecule has 0 bridgehead atoms. The maximum Gasteiger partial charge on any atom is 0.326 e. The Morgan fingerprint density at radius 2 is 2.00 bits per heavy atom. The first-order valence-corrected chi connectivity index (χ1v) is 7.41. The van der Waals surface area contributed by atoms with Gasteiger partial charge in [-0.25, -0.2) is 13.6 Å². The van der Waals surface area contributed by atoms with Gasteiger partial charge in [0.15, 0.2) is 11.6 Å². The number of benzene rings is 1. The summed E-state index contributed by atoms with van der Waals surface area (Å²) in [5, 5.41) is 8.98. The summed E-state index contributed by atoms with van der Waals surface area (Å²) in [7, 11) is 1.45. The quantitative estimate of drug-likeness (QED) is 0.786. The van der Waals surface area contributed by atoms with E-state index in [1.165, 1.54) is 29.8 Å². The highest BCUT2D eigenvalue weighted by Gasteiger charge is 2.24. The summed E-state index contributed by atoms with van der Waals surface area (Å²) in [6.07, 6.45) is 0.456.